The first-order chi connectivity index (χ1) is 12.6. The summed E-state index contributed by atoms with van der Waals surface area (Å²) < 4.78 is 28.5. The smallest absolute Gasteiger partial charge is 0.349 e. The fraction of sp³-hybridized carbons (Fsp3) is 0.158. The van der Waals surface area contributed by atoms with Crippen molar-refractivity contribution in [1.82, 2.24) is 5.32 Å². The van der Waals surface area contributed by atoms with Gasteiger partial charge in [0.1, 0.15) is 23.7 Å². The molecule has 0 radical (unpaired) electrons. The molecular formula is C19H16FNO5. The van der Waals surface area contributed by atoms with Crippen molar-refractivity contribution in [3.8, 4) is 11.5 Å². The highest BCUT2D eigenvalue weighted by Crippen LogP contribution is 2.24. The van der Waals surface area contributed by atoms with E-state index in [9.17, 15) is 14.0 Å². The molecule has 26 heavy (non-hydrogen) atoms. The summed E-state index contributed by atoms with van der Waals surface area (Å²) in [4.78, 5) is 24.3. The lowest BCUT2D eigenvalue weighted by atomic mass is 10.1. The quantitative estimate of drug-likeness (QED) is 0.542. The molecule has 0 spiro atoms. The lowest BCUT2D eigenvalue weighted by Gasteiger charge is -2.08. The third-order valence-electron chi connectivity index (χ3n) is 3.66. The van der Waals surface area contributed by atoms with Gasteiger partial charge >= 0.3 is 5.63 Å². The first-order valence-corrected chi connectivity index (χ1v) is 7.86. The predicted molar refractivity (Wildman–Crippen MR) is 93.3 cm³/mol. The molecule has 0 saturated carbocycles. The summed E-state index contributed by atoms with van der Waals surface area (Å²) in [5, 5.41) is 3.17. The maximum absolute atomic E-state index is 12.8. The summed E-state index contributed by atoms with van der Waals surface area (Å²) in [7, 11) is 1.47. The number of methoxy groups -OCH3 is 1. The van der Waals surface area contributed by atoms with Crippen LogP contribution in [-0.4, -0.2) is 26.2 Å². The molecule has 2 aromatic carbocycles. The number of carbonyl (C=O) groups excluding carboxylic acids is 1. The van der Waals surface area contributed by atoms with E-state index >= 15 is 0 Å². The molecule has 0 unspecified atom stereocenters. The Hall–Kier alpha value is -3.35. The highest BCUT2D eigenvalue weighted by molar-refractivity contribution is 5.97. The third-order valence-corrected chi connectivity index (χ3v) is 3.66. The van der Waals surface area contributed by atoms with Crippen molar-refractivity contribution >= 4 is 16.9 Å². The molecule has 6 nitrogen and oxygen atoms in total. The van der Waals surface area contributed by atoms with Gasteiger partial charge in [0.05, 0.1) is 13.7 Å². The minimum Gasteiger partial charge on any atom is -0.493 e. The standard InChI is InChI=1S/C19H16FNO5/c1-24-16-4-2-3-12-11-15(19(23)26-17(12)16)18(22)21-9-10-25-14-7-5-13(20)6-8-14/h2-8,11H,9-10H2,1H3,(H,21,22). The number of rotatable bonds is 6. The molecule has 134 valence electrons. The number of benzene rings is 2. The zero-order valence-corrected chi connectivity index (χ0v) is 14.0. The number of fused-ring (bicyclic) bond motifs is 1. The lowest BCUT2D eigenvalue weighted by molar-refractivity contribution is 0.0943. The zero-order chi connectivity index (χ0) is 18.5. The molecule has 1 heterocycles. The molecule has 1 N–H and O–H groups in total. The molecule has 7 heteroatoms. The van der Waals surface area contributed by atoms with Crippen molar-refractivity contribution in [1.29, 1.82) is 0 Å². The predicted octanol–water partition coefficient (Wildman–Crippen LogP) is 2.75. The third kappa shape index (κ3) is 3.83. The topological polar surface area (TPSA) is 77.8 Å². The number of hydrogen-bond donors (Lipinski definition) is 1. The molecule has 0 atom stereocenters. The molecule has 3 aromatic rings. The highest BCUT2D eigenvalue weighted by atomic mass is 19.1. The average molecular weight is 357 g/mol. The summed E-state index contributed by atoms with van der Waals surface area (Å²) in [6, 6.07) is 12.1. The Labute approximate surface area is 148 Å². The Morgan fingerprint density at radius 1 is 1.19 bits per heavy atom. The van der Waals surface area contributed by atoms with Crippen LogP contribution in [0.2, 0.25) is 0 Å². The Kier molecular flexibility index (Phi) is 5.17. The average Bonchev–Trinajstić information content (AvgIpc) is 2.65. The summed E-state index contributed by atoms with van der Waals surface area (Å²) in [5.74, 6) is -0.0197. The van der Waals surface area contributed by atoms with Crippen LogP contribution in [-0.2, 0) is 0 Å². The second kappa shape index (κ2) is 7.69. The molecule has 1 amide bonds. The lowest BCUT2D eigenvalue weighted by Crippen LogP contribution is -2.31. The van der Waals surface area contributed by atoms with Gasteiger partial charge < -0.3 is 19.2 Å². The van der Waals surface area contributed by atoms with E-state index in [1.165, 1.54) is 37.4 Å². The van der Waals surface area contributed by atoms with Crippen LogP contribution < -0.4 is 20.4 Å². The van der Waals surface area contributed by atoms with Gasteiger partial charge in [-0.15, -0.1) is 0 Å². The Balaban J connectivity index is 1.65. The fourth-order valence-electron chi connectivity index (χ4n) is 2.40. The maximum atomic E-state index is 12.8. The second-order valence-electron chi connectivity index (χ2n) is 5.38. The number of para-hydroxylation sites is 1. The number of halogens is 1. The van der Waals surface area contributed by atoms with Gasteiger partial charge in [-0.05, 0) is 36.4 Å². The Bertz CT molecular complexity index is 981. The van der Waals surface area contributed by atoms with Crippen LogP contribution in [0.4, 0.5) is 4.39 Å². The van der Waals surface area contributed by atoms with Crippen LogP contribution in [0.25, 0.3) is 11.0 Å². The molecular weight excluding hydrogens is 341 g/mol. The van der Waals surface area contributed by atoms with Gasteiger partial charge in [0.25, 0.3) is 5.91 Å². The zero-order valence-electron chi connectivity index (χ0n) is 14.0. The molecule has 3 rings (SSSR count). The van der Waals surface area contributed by atoms with Crippen molar-refractivity contribution in [2.24, 2.45) is 0 Å². The van der Waals surface area contributed by atoms with E-state index in [4.69, 9.17) is 13.9 Å². The van der Waals surface area contributed by atoms with E-state index in [1.54, 1.807) is 18.2 Å². The van der Waals surface area contributed by atoms with Crippen LogP contribution in [0.5, 0.6) is 11.5 Å². The van der Waals surface area contributed by atoms with Gasteiger partial charge in [-0.3, -0.25) is 4.79 Å². The van der Waals surface area contributed by atoms with E-state index in [2.05, 4.69) is 5.32 Å². The summed E-state index contributed by atoms with van der Waals surface area (Å²) >= 11 is 0. The fourth-order valence-corrected chi connectivity index (χ4v) is 2.40. The van der Waals surface area contributed by atoms with E-state index in [1.807, 2.05) is 0 Å². The number of amides is 1. The van der Waals surface area contributed by atoms with E-state index in [0.717, 1.165) is 0 Å². The first-order valence-electron chi connectivity index (χ1n) is 7.86. The Morgan fingerprint density at radius 2 is 1.96 bits per heavy atom. The van der Waals surface area contributed by atoms with Gasteiger partial charge in [-0.2, -0.15) is 0 Å². The van der Waals surface area contributed by atoms with Crippen LogP contribution in [0, 0.1) is 5.82 Å². The molecule has 1 aromatic heterocycles. The van der Waals surface area contributed by atoms with Crippen LogP contribution >= 0.6 is 0 Å². The summed E-state index contributed by atoms with van der Waals surface area (Å²) in [6.07, 6.45) is 0. The number of carbonyl (C=O) groups is 1. The molecule has 0 saturated heterocycles. The molecule has 0 aliphatic rings. The molecule has 0 bridgehead atoms. The Morgan fingerprint density at radius 3 is 2.69 bits per heavy atom. The normalized spacial score (nSPS) is 10.5. The van der Waals surface area contributed by atoms with Gasteiger partial charge in [0.2, 0.25) is 0 Å². The van der Waals surface area contributed by atoms with Crippen molar-refractivity contribution < 1.29 is 23.1 Å². The molecule has 0 fully saturated rings. The van der Waals surface area contributed by atoms with Crippen molar-refractivity contribution in [3.63, 3.8) is 0 Å². The van der Waals surface area contributed by atoms with Crippen LogP contribution in [0.1, 0.15) is 10.4 Å². The maximum Gasteiger partial charge on any atom is 0.349 e. The van der Waals surface area contributed by atoms with Crippen molar-refractivity contribution in [3.05, 3.63) is 70.3 Å². The minimum atomic E-state index is -0.751. The first kappa shape index (κ1) is 17.5. The number of hydrogen-bond acceptors (Lipinski definition) is 5. The molecule has 0 aliphatic carbocycles. The highest BCUT2D eigenvalue weighted by Gasteiger charge is 2.15. The summed E-state index contributed by atoms with van der Waals surface area (Å²) in [6.45, 7) is 0.343. The summed E-state index contributed by atoms with van der Waals surface area (Å²) in [5.41, 5.74) is -0.567. The van der Waals surface area contributed by atoms with E-state index in [0.29, 0.717) is 16.9 Å². The molecule has 0 aliphatic heterocycles. The minimum absolute atomic E-state index is 0.104. The van der Waals surface area contributed by atoms with Crippen molar-refractivity contribution in [2.45, 2.75) is 0 Å². The number of nitrogens with one attached hydrogen (secondary N) is 1. The largest absolute Gasteiger partial charge is 0.493 e. The van der Waals surface area contributed by atoms with Crippen molar-refractivity contribution in [2.75, 3.05) is 20.3 Å². The van der Waals surface area contributed by atoms with Crippen LogP contribution in [0.3, 0.4) is 0 Å². The van der Waals surface area contributed by atoms with E-state index < -0.39 is 11.5 Å². The van der Waals surface area contributed by atoms with Gasteiger partial charge in [0, 0.05) is 5.39 Å². The van der Waals surface area contributed by atoms with E-state index in [-0.39, 0.29) is 30.1 Å². The second-order valence-corrected chi connectivity index (χ2v) is 5.38. The monoisotopic (exact) mass is 357 g/mol. The van der Waals surface area contributed by atoms with Gasteiger partial charge in [-0.1, -0.05) is 12.1 Å². The van der Waals surface area contributed by atoms with Gasteiger partial charge in [-0.25, -0.2) is 9.18 Å². The van der Waals surface area contributed by atoms with Crippen LogP contribution in [0.15, 0.2) is 57.7 Å². The SMILES string of the molecule is COc1cccc2cc(C(=O)NCCOc3ccc(F)cc3)c(=O)oc12. The van der Waals surface area contributed by atoms with Gasteiger partial charge in [0.15, 0.2) is 11.3 Å². The number of ether oxygens (including phenoxy) is 2.